The second-order valence-corrected chi connectivity index (χ2v) is 5.26. The van der Waals surface area contributed by atoms with Crippen LogP contribution in [0.1, 0.15) is 25.8 Å². The molecule has 102 valence electrons. The van der Waals surface area contributed by atoms with Crippen LogP contribution in [-0.2, 0) is 0 Å². The molecule has 1 atom stereocenters. The fourth-order valence-electron chi connectivity index (χ4n) is 1.99. The molecule has 0 aromatic heterocycles. The molecule has 18 heavy (non-hydrogen) atoms. The Morgan fingerprint density at radius 1 is 1.28 bits per heavy atom. The highest BCUT2D eigenvalue weighted by Crippen LogP contribution is 2.16. The Hall–Kier alpha value is -1.06. The van der Waals surface area contributed by atoms with Crippen molar-refractivity contribution in [3.05, 3.63) is 29.8 Å². The Bertz CT molecular complexity index is 350. The summed E-state index contributed by atoms with van der Waals surface area (Å²) in [4.78, 5) is 2.23. The molecule has 1 unspecified atom stereocenters. The van der Waals surface area contributed by atoms with Crippen LogP contribution in [0, 0.1) is 6.92 Å². The summed E-state index contributed by atoms with van der Waals surface area (Å²) in [6.45, 7) is 8.20. The molecule has 0 bridgehead atoms. The zero-order valence-electron chi connectivity index (χ0n) is 12.0. The van der Waals surface area contributed by atoms with Crippen LogP contribution < -0.4 is 10.2 Å². The molecule has 1 rings (SSSR count). The number of anilines is 1. The van der Waals surface area contributed by atoms with E-state index in [0.29, 0.717) is 0 Å². The Morgan fingerprint density at radius 3 is 2.39 bits per heavy atom. The first kappa shape index (κ1) is 15.0. The van der Waals surface area contributed by atoms with Gasteiger partial charge in [0.05, 0.1) is 6.61 Å². The van der Waals surface area contributed by atoms with Crippen molar-refractivity contribution in [1.29, 1.82) is 0 Å². The van der Waals surface area contributed by atoms with E-state index in [4.69, 9.17) is 0 Å². The number of aliphatic hydroxyl groups excluding tert-OH is 1. The van der Waals surface area contributed by atoms with Gasteiger partial charge < -0.3 is 15.3 Å². The number of aliphatic hydroxyl groups is 1. The summed E-state index contributed by atoms with van der Waals surface area (Å²) in [5, 5.41) is 12.8. The minimum Gasteiger partial charge on any atom is -0.394 e. The molecule has 0 amide bonds. The first-order valence-corrected chi connectivity index (χ1v) is 6.64. The van der Waals surface area contributed by atoms with E-state index in [1.54, 1.807) is 0 Å². The van der Waals surface area contributed by atoms with Gasteiger partial charge in [0.15, 0.2) is 0 Å². The fraction of sp³-hybridized carbons (Fsp3) is 0.600. The maximum Gasteiger partial charge on any atom is 0.0611 e. The summed E-state index contributed by atoms with van der Waals surface area (Å²) >= 11 is 0. The average molecular weight is 250 g/mol. The van der Waals surface area contributed by atoms with Crippen molar-refractivity contribution < 1.29 is 5.11 Å². The predicted molar refractivity (Wildman–Crippen MR) is 78.2 cm³/mol. The van der Waals surface area contributed by atoms with Crippen LogP contribution >= 0.6 is 0 Å². The number of hydrogen-bond acceptors (Lipinski definition) is 3. The van der Waals surface area contributed by atoms with Gasteiger partial charge in [-0.15, -0.1) is 0 Å². The molecule has 0 saturated heterocycles. The minimum absolute atomic E-state index is 0.169. The van der Waals surface area contributed by atoms with Crippen molar-refractivity contribution in [1.82, 2.24) is 5.32 Å². The lowest BCUT2D eigenvalue weighted by Crippen LogP contribution is -2.47. The van der Waals surface area contributed by atoms with E-state index in [2.05, 4.69) is 62.3 Å². The third kappa shape index (κ3) is 4.31. The summed E-state index contributed by atoms with van der Waals surface area (Å²) in [7, 11) is 2.09. The molecular weight excluding hydrogens is 224 g/mol. The molecule has 0 aliphatic heterocycles. The van der Waals surface area contributed by atoms with Gasteiger partial charge in [-0.1, -0.05) is 24.6 Å². The largest absolute Gasteiger partial charge is 0.394 e. The predicted octanol–water partition coefficient (Wildman–Crippen LogP) is 2.18. The second kappa shape index (κ2) is 6.76. The number of nitrogens with one attached hydrogen (secondary N) is 1. The first-order chi connectivity index (χ1) is 8.50. The van der Waals surface area contributed by atoms with Crippen LogP contribution in [0.15, 0.2) is 24.3 Å². The van der Waals surface area contributed by atoms with Gasteiger partial charge in [-0.05, 0) is 38.9 Å². The molecule has 0 radical (unpaired) electrons. The van der Waals surface area contributed by atoms with Crippen molar-refractivity contribution in [2.75, 3.05) is 31.6 Å². The van der Waals surface area contributed by atoms with Crippen molar-refractivity contribution >= 4 is 5.69 Å². The standard InChI is InChI=1S/C15H26N2O/c1-5-16-15(3,12-18)10-11-17(4)14-8-6-13(2)7-9-14/h6-9,16,18H,5,10-12H2,1-4H3. The Balaban J connectivity index is 2.54. The first-order valence-electron chi connectivity index (χ1n) is 6.64. The molecule has 0 saturated carbocycles. The summed E-state index contributed by atoms with van der Waals surface area (Å²) < 4.78 is 0. The highest BCUT2D eigenvalue weighted by atomic mass is 16.3. The van der Waals surface area contributed by atoms with E-state index >= 15 is 0 Å². The number of likely N-dealkylation sites (N-methyl/N-ethyl adjacent to an activating group) is 1. The van der Waals surface area contributed by atoms with Crippen LogP contribution in [-0.4, -0.2) is 37.4 Å². The zero-order chi connectivity index (χ0) is 13.6. The molecule has 0 aliphatic carbocycles. The van der Waals surface area contributed by atoms with Crippen LogP contribution in [0.25, 0.3) is 0 Å². The quantitative estimate of drug-likeness (QED) is 0.778. The smallest absolute Gasteiger partial charge is 0.0611 e. The average Bonchev–Trinajstić information content (AvgIpc) is 2.37. The van der Waals surface area contributed by atoms with Gasteiger partial charge in [0.1, 0.15) is 0 Å². The van der Waals surface area contributed by atoms with Crippen LogP contribution in [0.5, 0.6) is 0 Å². The van der Waals surface area contributed by atoms with E-state index in [1.807, 2.05) is 0 Å². The zero-order valence-corrected chi connectivity index (χ0v) is 12.0. The Kier molecular flexibility index (Phi) is 5.63. The van der Waals surface area contributed by atoms with Gasteiger partial charge in [0, 0.05) is 24.8 Å². The van der Waals surface area contributed by atoms with Crippen molar-refractivity contribution in [2.45, 2.75) is 32.7 Å². The fourth-order valence-corrected chi connectivity index (χ4v) is 1.99. The molecule has 1 aromatic carbocycles. The summed E-state index contributed by atoms with van der Waals surface area (Å²) in [6, 6.07) is 8.53. The topological polar surface area (TPSA) is 35.5 Å². The summed E-state index contributed by atoms with van der Waals surface area (Å²) in [5.74, 6) is 0. The highest BCUT2D eigenvalue weighted by molar-refractivity contribution is 5.46. The van der Waals surface area contributed by atoms with Crippen LogP contribution in [0.4, 0.5) is 5.69 Å². The number of benzene rings is 1. The van der Waals surface area contributed by atoms with Crippen LogP contribution in [0.2, 0.25) is 0 Å². The molecule has 1 aromatic rings. The minimum atomic E-state index is -0.187. The van der Waals surface area contributed by atoms with Gasteiger partial charge >= 0.3 is 0 Å². The molecule has 0 fully saturated rings. The summed E-state index contributed by atoms with van der Waals surface area (Å²) in [5.41, 5.74) is 2.31. The lowest BCUT2D eigenvalue weighted by molar-refractivity contribution is 0.169. The highest BCUT2D eigenvalue weighted by Gasteiger charge is 2.21. The van der Waals surface area contributed by atoms with E-state index < -0.39 is 0 Å². The maximum atomic E-state index is 9.46. The SMILES string of the molecule is CCNC(C)(CO)CCN(C)c1ccc(C)cc1. The molecule has 0 spiro atoms. The van der Waals surface area contributed by atoms with Gasteiger partial charge in [0.2, 0.25) is 0 Å². The summed E-state index contributed by atoms with van der Waals surface area (Å²) in [6.07, 6.45) is 0.918. The molecule has 3 nitrogen and oxygen atoms in total. The van der Waals surface area contributed by atoms with Gasteiger partial charge in [-0.2, -0.15) is 0 Å². The monoisotopic (exact) mass is 250 g/mol. The number of nitrogens with zero attached hydrogens (tertiary/aromatic N) is 1. The van der Waals surface area contributed by atoms with Gasteiger partial charge in [0.25, 0.3) is 0 Å². The Labute approximate surface area is 111 Å². The van der Waals surface area contributed by atoms with Crippen molar-refractivity contribution in [3.63, 3.8) is 0 Å². The second-order valence-electron chi connectivity index (χ2n) is 5.26. The number of aryl methyl sites for hydroxylation is 1. The van der Waals surface area contributed by atoms with Gasteiger partial charge in [-0.25, -0.2) is 0 Å². The van der Waals surface area contributed by atoms with Crippen LogP contribution in [0.3, 0.4) is 0 Å². The molecule has 2 N–H and O–H groups in total. The Morgan fingerprint density at radius 2 is 1.89 bits per heavy atom. The third-order valence-corrected chi connectivity index (χ3v) is 3.43. The lowest BCUT2D eigenvalue weighted by atomic mass is 9.98. The van der Waals surface area contributed by atoms with Gasteiger partial charge in [-0.3, -0.25) is 0 Å². The molecule has 3 heteroatoms. The third-order valence-electron chi connectivity index (χ3n) is 3.43. The van der Waals surface area contributed by atoms with E-state index in [1.165, 1.54) is 11.3 Å². The normalized spacial score (nSPS) is 14.3. The van der Waals surface area contributed by atoms with E-state index in [0.717, 1.165) is 19.5 Å². The van der Waals surface area contributed by atoms with Crippen molar-refractivity contribution in [3.8, 4) is 0 Å². The van der Waals surface area contributed by atoms with E-state index in [9.17, 15) is 5.11 Å². The van der Waals surface area contributed by atoms with Crippen molar-refractivity contribution in [2.24, 2.45) is 0 Å². The van der Waals surface area contributed by atoms with E-state index in [-0.39, 0.29) is 12.1 Å². The molecule has 0 aliphatic rings. The maximum absolute atomic E-state index is 9.46. The molecular formula is C15H26N2O. The lowest BCUT2D eigenvalue weighted by Gasteiger charge is -2.31. The number of hydrogen-bond donors (Lipinski definition) is 2. The molecule has 0 heterocycles. The number of rotatable bonds is 7.